The molecular weight excluding hydrogens is 312 g/mol. The molecule has 1 aliphatic rings. The van der Waals surface area contributed by atoms with Crippen LogP contribution in [0.25, 0.3) is 0 Å². The van der Waals surface area contributed by atoms with E-state index in [2.05, 4.69) is 10.6 Å². The van der Waals surface area contributed by atoms with Crippen molar-refractivity contribution in [3.05, 3.63) is 29.3 Å². The fourth-order valence-electron chi connectivity index (χ4n) is 1.79. The van der Waals surface area contributed by atoms with Gasteiger partial charge in [-0.3, -0.25) is 9.59 Å². The van der Waals surface area contributed by atoms with Crippen molar-refractivity contribution < 1.29 is 19.5 Å². The Hall–Kier alpha value is -1.93. The second-order valence-electron chi connectivity index (χ2n) is 4.47. The van der Waals surface area contributed by atoms with Gasteiger partial charge in [0.1, 0.15) is 4.32 Å². The van der Waals surface area contributed by atoms with Crippen LogP contribution < -0.4 is 10.6 Å². The number of carboxylic acid groups (broad SMARTS) is 1. The molecule has 2 rings (SSSR count). The Kier molecular flexibility index (Phi) is 4.59. The number of carbonyl (C=O) groups is 3. The number of amides is 2. The highest BCUT2D eigenvalue weighted by molar-refractivity contribution is 8.24. The minimum absolute atomic E-state index is 0.0205. The summed E-state index contributed by atoms with van der Waals surface area (Å²) in [5, 5.41) is 13.5. The zero-order chi connectivity index (χ0) is 15.6. The molecule has 1 atom stereocenters. The predicted octanol–water partition coefficient (Wildman–Crippen LogP) is 1.54. The molecule has 2 amide bonds. The van der Waals surface area contributed by atoms with Crippen LogP contribution in [0.4, 0.5) is 5.69 Å². The van der Waals surface area contributed by atoms with Gasteiger partial charge in [-0.15, -0.1) is 0 Å². The average Bonchev–Trinajstić information content (AvgIpc) is 2.70. The molecule has 3 N–H and O–H groups in total. The van der Waals surface area contributed by atoms with Crippen molar-refractivity contribution >= 4 is 51.8 Å². The Bertz CT molecular complexity index is 645. The van der Waals surface area contributed by atoms with E-state index in [1.165, 1.54) is 12.1 Å². The number of hydrogen-bond donors (Lipinski definition) is 3. The highest BCUT2D eigenvalue weighted by atomic mass is 32.2. The van der Waals surface area contributed by atoms with Gasteiger partial charge in [-0.2, -0.15) is 0 Å². The smallest absolute Gasteiger partial charge is 0.335 e. The summed E-state index contributed by atoms with van der Waals surface area (Å²) in [7, 11) is 0. The number of thiocarbonyl (C=S) groups is 1. The summed E-state index contributed by atoms with van der Waals surface area (Å²) in [6, 6.07) is 4.47. The maximum Gasteiger partial charge on any atom is 0.335 e. The molecule has 1 fully saturated rings. The largest absolute Gasteiger partial charge is 0.478 e. The van der Waals surface area contributed by atoms with E-state index in [-0.39, 0.29) is 23.8 Å². The summed E-state index contributed by atoms with van der Waals surface area (Å²) >= 11 is 6.00. The van der Waals surface area contributed by atoms with Crippen LogP contribution in [0, 0.1) is 6.92 Å². The molecule has 0 radical (unpaired) electrons. The summed E-state index contributed by atoms with van der Waals surface area (Å²) in [6.07, 6.45) is -0.0205. The number of thioether (sulfide) groups is 1. The number of carbonyl (C=O) groups excluding carboxylic acids is 2. The summed E-state index contributed by atoms with van der Waals surface area (Å²) in [5.41, 5.74) is 1.25. The van der Waals surface area contributed by atoms with Gasteiger partial charge >= 0.3 is 5.97 Å². The van der Waals surface area contributed by atoms with Gasteiger partial charge in [0.05, 0.1) is 10.8 Å². The molecule has 8 heteroatoms. The molecule has 0 spiro atoms. The quantitative estimate of drug-likeness (QED) is 0.727. The number of hydrogen-bond acceptors (Lipinski definition) is 5. The first-order valence-electron chi connectivity index (χ1n) is 6.02. The van der Waals surface area contributed by atoms with Crippen molar-refractivity contribution in [2.45, 2.75) is 18.6 Å². The number of benzene rings is 1. The highest BCUT2D eigenvalue weighted by Gasteiger charge is 2.31. The maximum atomic E-state index is 12.0. The van der Waals surface area contributed by atoms with Crippen LogP contribution in [0.3, 0.4) is 0 Å². The fourth-order valence-corrected chi connectivity index (χ4v) is 3.05. The number of rotatable bonds is 4. The van der Waals surface area contributed by atoms with Crippen molar-refractivity contribution in [1.82, 2.24) is 5.32 Å². The minimum Gasteiger partial charge on any atom is -0.478 e. The minimum atomic E-state index is -1.07. The van der Waals surface area contributed by atoms with Crippen molar-refractivity contribution in [2.75, 3.05) is 5.32 Å². The summed E-state index contributed by atoms with van der Waals surface area (Å²) in [6.45, 7) is 1.76. The number of anilines is 1. The first-order valence-corrected chi connectivity index (χ1v) is 7.31. The zero-order valence-corrected chi connectivity index (χ0v) is 12.6. The SMILES string of the molecule is Cc1ccc(C(=O)O)cc1NC(=O)C[C@H]1SC(=S)NC1=O. The number of nitrogens with one attached hydrogen (secondary N) is 2. The van der Waals surface area contributed by atoms with Gasteiger partial charge in [-0.1, -0.05) is 30.0 Å². The third kappa shape index (κ3) is 3.79. The normalized spacial score (nSPS) is 17.5. The molecule has 21 heavy (non-hydrogen) atoms. The third-order valence-corrected chi connectivity index (χ3v) is 4.27. The molecule has 1 heterocycles. The Morgan fingerprint density at radius 1 is 1.48 bits per heavy atom. The van der Waals surface area contributed by atoms with Crippen molar-refractivity contribution in [3.63, 3.8) is 0 Å². The lowest BCUT2D eigenvalue weighted by atomic mass is 10.1. The Balaban J connectivity index is 2.06. The van der Waals surface area contributed by atoms with E-state index in [1.807, 2.05) is 0 Å². The molecule has 6 nitrogen and oxygen atoms in total. The Morgan fingerprint density at radius 3 is 2.76 bits per heavy atom. The molecule has 0 bridgehead atoms. The van der Waals surface area contributed by atoms with E-state index in [1.54, 1.807) is 13.0 Å². The summed E-state index contributed by atoms with van der Waals surface area (Å²) in [4.78, 5) is 34.4. The fraction of sp³-hybridized carbons (Fsp3) is 0.231. The predicted molar refractivity (Wildman–Crippen MR) is 83.5 cm³/mol. The zero-order valence-electron chi connectivity index (χ0n) is 11.0. The van der Waals surface area contributed by atoms with Gasteiger partial charge in [0.25, 0.3) is 0 Å². The van der Waals surface area contributed by atoms with Crippen molar-refractivity contribution in [3.8, 4) is 0 Å². The molecule has 1 aromatic carbocycles. The lowest BCUT2D eigenvalue weighted by Crippen LogP contribution is -2.27. The van der Waals surface area contributed by atoms with E-state index >= 15 is 0 Å². The van der Waals surface area contributed by atoms with Gasteiger partial charge in [-0.05, 0) is 24.6 Å². The molecule has 1 aromatic rings. The van der Waals surface area contributed by atoms with Crippen molar-refractivity contribution in [1.29, 1.82) is 0 Å². The second-order valence-corrected chi connectivity index (χ2v) is 6.35. The molecule has 0 unspecified atom stereocenters. The van der Waals surface area contributed by atoms with E-state index in [0.717, 1.165) is 17.3 Å². The Labute approximate surface area is 130 Å². The average molecular weight is 324 g/mol. The second kappa shape index (κ2) is 6.23. The number of aromatic carboxylic acids is 1. The van der Waals surface area contributed by atoms with Crippen LogP contribution in [0.15, 0.2) is 18.2 Å². The monoisotopic (exact) mass is 324 g/mol. The maximum absolute atomic E-state index is 12.0. The first kappa shape index (κ1) is 15.5. The van der Waals surface area contributed by atoms with E-state index < -0.39 is 11.2 Å². The van der Waals surface area contributed by atoms with Crippen molar-refractivity contribution in [2.24, 2.45) is 0 Å². The van der Waals surface area contributed by atoms with Crippen LogP contribution in [0.2, 0.25) is 0 Å². The summed E-state index contributed by atoms with van der Waals surface area (Å²) < 4.78 is 0.363. The Morgan fingerprint density at radius 2 is 2.19 bits per heavy atom. The molecule has 0 aromatic heterocycles. The van der Waals surface area contributed by atoms with E-state index in [4.69, 9.17) is 17.3 Å². The molecule has 1 aliphatic heterocycles. The molecular formula is C13H12N2O4S2. The highest BCUT2D eigenvalue weighted by Crippen LogP contribution is 2.23. The molecule has 0 aliphatic carbocycles. The van der Waals surface area contributed by atoms with Gasteiger partial charge in [-0.25, -0.2) is 4.79 Å². The molecule has 110 valence electrons. The van der Waals surface area contributed by atoms with Crippen LogP contribution in [0.5, 0.6) is 0 Å². The topological polar surface area (TPSA) is 95.5 Å². The van der Waals surface area contributed by atoms with Gasteiger partial charge < -0.3 is 15.7 Å². The van der Waals surface area contributed by atoms with E-state index in [9.17, 15) is 14.4 Å². The van der Waals surface area contributed by atoms with Gasteiger partial charge in [0, 0.05) is 12.1 Å². The van der Waals surface area contributed by atoms with E-state index in [0.29, 0.717) is 10.0 Å². The van der Waals surface area contributed by atoms with Crippen LogP contribution in [0.1, 0.15) is 22.3 Å². The van der Waals surface area contributed by atoms with Gasteiger partial charge in [0.2, 0.25) is 11.8 Å². The standard InChI is InChI=1S/C13H12N2O4S2/c1-6-2-3-7(12(18)19)4-8(6)14-10(16)5-9-11(17)15-13(20)21-9/h2-4,9H,5H2,1H3,(H,14,16)(H,18,19)(H,15,17,20)/t9-/m1/s1. The van der Waals surface area contributed by atoms with Gasteiger partial charge in [0.15, 0.2) is 0 Å². The molecule has 1 saturated heterocycles. The number of aryl methyl sites for hydroxylation is 1. The lowest BCUT2D eigenvalue weighted by Gasteiger charge is -2.10. The number of carboxylic acids is 1. The first-order chi connectivity index (χ1) is 9.86. The summed E-state index contributed by atoms with van der Waals surface area (Å²) in [5.74, 6) is -1.71. The van der Waals surface area contributed by atoms with Crippen LogP contribution >= 0.6 is 24.0 Å². The van der Waals surface area contributed by atoms with Crippen LogP contribution in [-0.4, -0.2) is 32.5 Å². The van der Waals surface area contributed by atoms with Crippen LogP contribution in [-0.2, 0) is 9.59 Å². The third-order valence-electron chi connectivity index (χ3n) is 2.90. The lowest BCUT2D eigenvalue weighted by molar-refractivity contribution is -0.122. The molecule has 0 saturated carbocycles.